The van der Waals surface area contributed by atoms with Crippen LogP contribution in [-0.4, -0.2) is 0 Å². The van der Waals surface area contributed by atoms with Crippen LogP contribution in [0.25, 0.3) is 0 Å². The highest BCUT2D eigenvalue weighted by Gasteiger charge is 2.00. The van der Waals surface area contributed by atoms with Gasteiger partial charge in [-0.3, -0.25) is 0 Å². The predicted molar refractivity (Wildman–Crippen MR) is 85.0 cm³/mol. The van der Waals surface area contributed by atoms with Crippen molar-refractivity contribution in [3.63, 3.8) is 0 Å². The van der Waals surface area contributed by atoms with Crippen LogP contribution in [0.1, 0.15) is 85.5 Å². The normalized spacial score (nSPS) is 12.9. The Bertz CT molecular complexity index is 218. The minimum atomic E-state index is 0.675. The molecule has 0 aliphatic carbocycles. The molecule has 0 aliphatic rings. The minimum Gasteiger partial charge on any atom is -0.0879 e. The molecule has 0 spiro atoms. The van der Waals surface area contributed by atoms with E-state index in [-0.39, 0.29) is 0 Å². The maximum atomic E-state index is 2.44. The molecule has 0 heteroatoms. The summed E-state index contributed by atoms with van der Waals surface area (Å²) in [4.78, 5) is 0. The Morgan fingerprint density at radius 1 is 0.889 bits per heavy atom. The van der Waals surface area contributed by atoms with E-state index < -0.39 is 0 Å². The van der Waals surface area contributed by atoms with Gasteiger partial charge in [-0.1, -0.05) is 76.2 Å². The molecule has 18 heavy (non-hydrogen) atoms. The summed E-state index contributed by atoms with van der Waals surface area (Å²) in [5, 5.41) is 0. The van der Waals surface area contributed by atoms with Crippen molar-refractivity contribution in [3.05, 3.63) is 23.8 Å². The molecule has 0 aliphatic heterocycles. The first-order valence-corrected chi connectivity index (χ1v) is 8.02. The van der Waals surface area contributed by atoms with E-state index in [1.807, 2.05) is 0 Å². The van der Waals surface area contributed by atoms with Gasteiger partial charge in [-0.2, -0.15) is 0 Å². The summed E-state index contributed by atoms with van der Waals surface area (Å²) in [6, 6.07) is 0. The second-order valence-corrected chi connectivity index (χ2v) is 5.68. The van der Waals surface area contributed by atoms with Crippen LogP contribution in [0.15, 0.2) is 23.8 Å². The SMILES string of the molecule is CCCCCC=CC(C=C(C)C)CCCCCC. The zero-order chi connectivity index (χ0) is 13.6. The highest BCUT2D eigenvalue weighted by atomic mass is 14.1. The van der Waals surface area contributed by atoms with Crippen LogP contribution in [-0.2, 0) is 0 Å². The lowest BCUT2D eigenvalue weighted by molar-refractivity contribution is 0.587. The van der Waals surface area contributed by atoms with Gasteiger partial charge in [-0.05, 0) is 39.0 Å². The predicted octanol–water partition coefficient (Wildman–Crippen LogP) is 6.68. The second kappa shape index (κ2) is 12.9. The standard InChI is InChI=1S/C18H34/c1-5-7-9-11-13-15-18(16-17(3)4)14-12-10-8-6-2/h13,15-16,18H,5-12,14H2,1-4H3. The van der Waals surface area contributed by atoms with Crippen molar-refractivity contribution >= 4 is 0 Å². The number of rotatable bonds is 11. The van der Waals surface area contributed by atoms with E-state index in [9.17, 15) is 0 Å². The summed E-state index contributed by atoms with van der Waals surface area (Å²) in [5.41, 5.74) is 1.45. The third kappa shape index (κ3) is 12.0. The molecule has 0 aromatic carbocycles. The van der Waals surface area contributed by atoms with Gasteiger partial charge < -0.3 is 0 Å². The molecule has 0 aromatic heterocycles. The zero-order valence-corrected chi connectivity index (χ0v) is 13.2. The molecule has 0 aromatic rings. The quantitative estimate of drug-likeness (QED) is 0.283. The Labute approximate surface area is 116 Å². The molecule has 0 radical (unpaired) electrons. The van der Waals surface area contributed by atoms with Crippen molar-refractivity contribution in [2.75, 3.05) is 0 Å². The van der Waals surface area contributed by atoms with Crippen LogP contribution >= 0.6 is 0 Å². The molecule has 0 fully saturated rings. The summed E-state index contributed by atoms with van der Waals surface area (Å²) in [5.74, 6) is 0.675. The molecule has 0 N–H and O–H groups in total. The van der Waals surface area contributed by atoms with Crippen LogP contribution in [0.3, 0.4) is 0 Å². The molecule has 1 unspecified atom stereocenters. The molecule has 0 nitrogen and oxygen atoms in total. The van der Waals surface area contributed by atoms with Gasteiger partial charge in [0.25, 0.3) is 0 Å². The Kier molecular flexibility index (Phi) is 12.6. The van der Waals surface area contributed by atoms with E-state index in [1.54, 1.807) is 0 Å². The van der Waals surface area contributed by atoms with Crippen LogP contribution in [0.2, 0.25) is 0 Å². The van der Waals surface area contributed by atoms with Crippen molar-refractivity contribution in [3.8, 4) is 0 Å². The fourth-order valence-corrected chi connectivity index (χ4v) is 2.25. The van der Waals surface area contributed by atoms with Crippen LogP contribution in [0.5, 0.6) is 0 Å². The molecule has 0 rings (SSSR count). The van der Waals surface area contributed by atoms with Gasteiger partial charge in [0.15, 0.2) is 0 Å². The molecule has 0 saturated carbocycles. The Hall–Kier alpha value is -0.520. The van der Waals surface area contributed by atoms with Gasteiger partial charge in [0, 0.05) is 0 Å². The highest BCUT2D eigenvalue weighted by Crippen LogP contribution is 2.16. The fraction of sp³-hybridized carbons (Fsp3) is 0.778. The number of allylic oxidation sites excluding steroid dienone is 4. The second-order valence-electron chi connectivity index (χ2n) is 5.68. The Balaban J connectivity index is 3.95. The first-order chi connectivity index (χ1) is 8.70. The number of unbranched alkanes of at least 4 members (excludes halogenated alkanes) is 6. The third-order valence-electron chi connectivity index (χ3n) is 3.30. The largest absolute Gasteiger partial charge is 0.0879 e. The zero-order valence-electron chi connectivity index (χ0n) is 13.2. The summed E-state index contributed by atoms with van der Waals surface area (Å²) < 4.78 is 0. The Morgan fingerprint density at radius 2 is 1.56 bits per heavy atom. The lowest BCUT2D eigenvalue weighted by atomic mass is 9.97. The maximum absolute atomic E-state index is 2.44. The molecule has 0 bridgehead atoms. The van der Waals surface area contributed by atoms with Gasteiger partial charge >= 0.3 is 0 Å². The summed E-state index contributed by atoms with van der Waals surface area (Å²) in [6.07, 6.45) is 19.4. The fourth-order valence-electron chi connectivity index (χ4n) is 2.25. The monoisotopic (exact) mass is 250 g/mol. The molecule has 0 heterocycles. The number of hydrogen-bond donors (Lipinski definition) is 0. The summed E-state index contributed by atoms with van der Waals surface area (Å²) in [7, 11) is 0. The van der Waals surface area contributed by atoms with Gasteiger partial charge in [-0.25, -0.2) is 0 Å². The molecule has 1 atom stereocenters. The van der Waals surface area contributed by atoms with Crippen molar-refractivity contribution < 1.29 is 0 Å². The molecule has 0 saturated heterocycles. The van der Waals surface area contributed by atoms with E-state index in [2.05, 4.69) is 45.9 Å². The summed E-state index contributed by atoms with van der Waals surface area (Å²) in [6.45, 7) is 8.97. The van der Waals surface area contributed by atoms with E-state index in [4.69, 9.17) is 0 Å². The van der Waals surface area contributed by atoms with E-state index in [0.29, 0.717) is 5.92 Å². The van der Waals surface area contributed by atoms with Crippen molar-refractivity contribution in [2.24, 2.45) is 5.92 Å². The number of hydrogen-bond acceptors (Lipinski definition) is 0. The molecular formula is C18H34. The maximum Gasteiger partial charge on any atom is -0.00510 e. The van der Waals surface area contributed by atoms with E-state index in [0.717, 1.165) is 0 Å². The minimum absolute atomic E-state index is 0.675. The first kappa shape index (κ1) is 17.5. The summed E-state index contributed by atoms with van der Waals surface area (Å²) >= 11 is 0. The van der Waals surface area contributed by atoms with E-state index >= 15 is 0 Å². The molecular weight excluding hydrogens is 216 g/mol. The average Bonchev–Trinajstić information content (AvgIpc) is 2.33. The van der Waals surface area contributed by atoms with Crippen molar-refractivity contribution in [1.29, 1.82) is 0 Å². The molecule has 0 amide bonds. The van der Waals surface area contributed by atoms with E-state index in [1.165, 1.54) is 63.4 Å². The van der Waals surface area contributed by atoms with Gasteiger partial charge in [0.1, 0.15) is 0 Å². The van der Waals surface area contributed by atoms with Gasteiger partial charge in [-0.15, -0.1) is 0 Å². The topological polar surface area (TPSA) is 0 Å². The lowest BCUT2D eigenvalue weighted by Crippen LogP contribution is -1.93. The van der Waals surface area contributed by atoms with Gasteiger partial charge in [0.05, 0.1) is 0 Å². The molecule has 106 valence electrons. The van der Waals surface area contributed by atoms with Gasteiger partial charge in [0.2, 0.25) is 0 Å². The average molecular weight is 250 g/mol. The lowest BCUT2D eigenvalue weighted by Gasteiger charge is -2.09. The Morgan fingerprint density at radius 3 is 2.17 bits per heavy atom. The van der Waals surface area contributed by atoms with Crippen molar-refractivity contribution in [2.45, 2.75) is 85.5 Å². The highest BCUT2D eigenvalue weighted by molar-refractivity contribution is 5.05. The van der Waals surface area contributed by atoms with Crippen LogP contribution < -0.4 is 0 Å². The van der Waals surface area contributed by atoms with Crippen LogP contribution in [0, 0.1) is 5.92 Å². The third-order valence-corrected chi connectivity index (χ3v) is 3.30. The van der Waals surface area contributed by atoms with Crippen LogP contribution in [0.4, 0.5) is 0 Å². The van der Waals surface area contributed by atoms with Crippen molar-refractivity contribution in [1.82, 2.24) is 0 Å². The smallest absolute Gasteiger partial charge is 0.00510 e. The first-order valence-electron chi connectivity index (χ1n) is 8.02.